The summed E-state index contributed by atoms with van der Waals surface area (Å²) >= 11 is 6.80. The van der Waals surface area contributed by atoms with E-state index in [4.69, 9.17) is 0 Å². The normalized spacial score (nSPS) is 10.8. The number of carbonyl (C=O) groups excluding carboxylic acids is 1. The van der Waals surface area contributed by atoms with E-state index in [9.17, 15) is 4.79 Å². The van der Waals surface area contributed by atoms with Crippen molar-refractivity contribution in [2.24, 2.45) is 0 Å². The Morgan fingerprint density at radius 1 is 1.17 bits per heavy atom. The molecule has 0 fully saturated rings. The van der Waals surface area contributed by atoms with E-state index in [1.807, 2.05) is 39.3 Å². The van der Waals surface area contributed by atoms with Gasteiger partial charge in [-0.1, -0.05) is 15.9 Å². The van der Waals surface area contributed by atoms with Crippen molar-refractivity contribution in [1.29, 1.82) is 0 Å². The Morgan fingerprint density at radius 2 is 1.83 bits per heavy atom. The highest BCUT2D eigenvalue weighted by Crippen LogP contribution is 2.22. The van der Waals surface area contributed by atoms with Gasteiger partial charge < -0.3 is 9.80 Å². The molecule has 0 radical (unpaired) electrons. The lowest BCUT2D eigenvalue weighted by molar-refractivity contribution is 0.0790. The second kappa shape index (κ2) is 7.26. The van der Waals surface area contributed by atoms with Gasteiger partial charge in [-0.2, -0.15) is 0 Å². The number of halogens is 2. The summed E-state index contributed by atoms with van der Waals surface area (Å²) in [5.41, 5.74) is 0.700. The molecule has 0 unspecified atom stereocenters. The molecule has 100 valence electrons. The summed E-state index contributed by atoms with van der Waals surface area (Å²) in [7, 11) is 5.91. The standard InChI is InChI=1S/C13H18Br2N2O/c1-16(2)7-4-8-17(3)13(18)11-6-5-10(14)9-12(11)15/h5-6,9H,4,7-8H2,1-3H3. The van der Waals surface area contributed by atoms with Crippen molar-refractivity contribution in [1.82, 2.24) is 9.80 Å². The topological polar surface area (TPSA) is 23.6 Å². The lowest BCUT2D eigenvalue weighted by atomic mass is 10.2. The van der Waals surface area contributed by atoms with E-state index in [1.165, 1.54) is 0 Å². The first-order valence-corrected chi connectivity index (χ1v) is 7.35. The largest absolute Gasteiger partial charge is 0.342 e. The lowest BCUT2D eigenvalue weighted by Gasteiger charge is -2.19. The summed E-state index contributed by atoms with van der Waals surface area (Å²) in [4.78, 5) is 16.1. The van der Waals surface area contributed by atoms with Crippen LogP contribution in [0.4, 0.5) is 0 Å². The van der Waals surface area contributed by atoms with Crippen LogP contribution in [0.1, 0.15) is 16.8 Å². The molecule has 0 aromatic heterocycles. The first-order valence-electron chi connectivity index (χ1n) is 5.77. The molecule has 0 N–H and O–H groups in total. The van der Waals surface area contributed by atoms with Gasteiger partial charge in [-0.3, -0.25) is 4.79 Å². The number of hydrogen-bond acceptors (Lipinski definition) is 2. The highest BCUT2D eigenvalue weighted by molar-refractivity contribution is 9.11. The summed E-state index contributed by atoms with van der Waals surface area (Å²) in [5.74, 6) is 0.0492. The molecule has 3 nitrogen and oxygen atoms in total. The second-order valence-electron chi connectivity index (χ2n) is 4.51. The maximum Gasteiger partial charge on any atom is 0.254 e. The fourth-order valence-corrected chi connectivity index (χ4v) is 2.81. The van der Waals surface area contributed by atoms with Crippen LogP contribution >= 0.6 is 31.9 Å². The number of rotatable bonds is 5. The van der Waals surface area contributed by atoms with Gasteiger partial charge in [-0.05, 0) is 61.2 Å². The highest BCUT2D eigenvalue weighted by Gasteiger charge is 2.14. The predicted octanol–water partition coefficient (Wildman–Crippen LogP) is 3.24. The van der Waals surface area contributed by atoms with Gasteiger partial charge in [-0.25, -0.2) is 0 Å². The Morgan fingerprint density at radius 3 is 2.39 bits per heavy atom. The van der Waals surface area contributed by atoms with Gasteiger partial charge >= 0.3 is 0 Å². The van der Waals surface area contributed by atoms with Crippen LogP contribution in [0, 0.1) is 0 Å². The summed E-state index contributed by atoms with van der Waals surface area (Å²) in [5, 5.41) is 0. The van der Waals surface area contributed by atoms with Crippen molar-refractivity contribution in [3.63, 3.8) is 0 Å². The number of hydrogen-bond donors (Lipinski definition) is 0. The Bertz CT molecular complexity index is 421. The third-order valence-electron chi connectivity index (χ3n) is 2.61. The molecule has 0 saturated carbocycles. The Kier molecular flexibility index (Phi) is 6.32. The van der Waals surface area contributed by atoms with Gasteiger partial charge in [0.1, 0.15) is 0 Å². The third-order valence-corrected chi connectivity index (χ3v) is 3.76. The molecule has 0 bridgehead atoms. The van der Waals surface area contributed by atoms with E-state index in [0.29, 0.717) is 5.56 Å². The SMILES string of the molecule is CN(C)CCCN(C)C(=O)c1ccc(Br)cc1Br. The molecule has 0 atom stereocenters. The quantitative estimate of drug-likeness (QED) is 0.786. The van der Waals surface area contributed by atoms with Gasteiger partial charge in [0.15, 0.2) is 0 Å². The zero-order valence-electron chi connectivity index (χ0n) is 10.9. The Labute approximate surface area is 125 Å². The minimum absolute atomic E-state index is 0.0492. The molecule has 0 spiro atoms. The molecule has 0 saturated heterocycles. The van der Waals surface area contributed by atoms with Crippen LogP contribution in [-0.4, -0.2) is 49.9 Å². The average Bonchev–Trinajstić information content (AvgIpc) is 2.27. The lowest BCUT2D eigenvalue weighted by Crippen LogP contribution is -2.30. The second-order valence-corrected chi connectivity index (χ2v) is 6.28. The molecule has 1 aromatic rings. The van der Waals surface area contributed by atoms with Crippen LogP contribution in [0.15, 0.2) is 27.1 Å². The molecule has 0 aliphatic carbocycles. The fraction of sp³-hybridized carbons (Fsp3) is 0.462. The predicted molar refractivity (Wildman–Crippen MR) is 82.0 cm³/mol. The Hall–Kier alpha value is -0.390. The monoisotopic (exact) mass is 376 g/mol. The average molecular weight is 378 g/mol. The molecule has 18 heavy (non-hydrogen) atoms. The van der Waals surface area contributed by atoms with Crippen molar-refractivity contribution < 1.29 is 4.79 Å². The highest BCUT2D eigenvalue weighted by atomic mass is 79.9. The van der Waals surface area contributed by atoms with Crippen molar-refractivity contribution in [3.05, 3.63) is 32.7 Å². The maximum atomic E-state index is 12.2. The van der Waals surface area contributed by atoms with Crippen LogP contribution in [0.2, 0.25) is 0 Å². The number of benzene rings is 1. The molecule has 0 aliphatic rings. The molecular weight excluding hydrogens is 360 g/mol. The van der Waals surface area contributed by atoms with E-state index >= 15 is 0 Å². The summed E-state index contributed by atoms with van der Waals surface area (Å²) in [6, 6.07) is 5.60. The van der Waals surface area contributed by atoms with Crippen molar-refractivity contribution in [2.45, 2.75) is 6.42 Å². The van der Waals surface area contributed by atoms with Gasteiger partial charge in [0, 0.05) is 22.5 Å². The van der Waals surface area contributed by atoms with Crippen LogP contribution in [0.25, 0.3) is 0 Å². The minimum Gasteiger partial charge on any atom is -0.342 e. The summed E-state index contributed by atoms with van der Waals surface area (Å²) < 4.78 is 1.78. The van der Waals surface area contributed by atoms with E-state index < -0.39 is 0 Å². The molecule has 0 heterocycles. The summed E-state index contributed by atoms with van der Waals surface area (Å²) in [6.45, 7) is 1.75. The minimum atomic E-state index is 0.0492. The van der Waals surface area contributed by atoms with Gasteiger partial charge in [-0.15, -0.1) is 0 Å². The molecule has 0 aliphatic heterocycles. The number of carbonyl (C=O) groups is 1. The molecule has 1 aromatic carbocycles. The van der Waals surface area contributed by atoms with Gasteiger partial charge in [0.2, 0.25) is 0 Å². The van der Waals surface area contributed by atoms with Crippen molar-refractivity contribution in [3.8, 4) is 0 Å². The van der Waals surface area contributed by atoms with E-state index in [1.54, 1.807) is 4.90 Å². The van der Waals surface area contributed by atoms with Crippen molar-refractivity contribution in [2.75, 3.05) is 34.2 Å². The fourth-order valence-electron chi connectivity index (χ4n) is 1.59. The first kappa shape index (κ1) is 15.7. The molecule has 1 rings (SSSR count). The van der Waals surface area contributed by atoms with Gasteiger partial charge in [0.25, 0.3) is 5.91 Å². The van der Waals surface area contributed by atoms with Crippen LogP contribution in [-0.2, 0) is 0 Å². The van der Waals surface area contributed by atoms with Crippen molar-refractivity contribution >= 4 is 37.8 Å². The molecule has 1 amide bonds. The van der Waals surface area contributed by atoms with Gasteiger partial charge in [0.05, 0.1) is 5.56 Å². The van der Waals surface area contributed by atoms with Crippen LogP contribution in [0.3, 0.4) is 0 Å². The zero-order valence-corrected chi connectivity index (χ0v) is 14.1. The third kappa shape index (κ3) is 4.71. The maximum absolute atomic E-state index is 12.2. The van der Waals surface area contributed by atoms with Crippen LogP contribution < -0.4 is 0 Å². The number of amides is 1. The number of nitrogens with zero attached hydrogens (tertiary/aromatic N) is 2. The van der Waals surface area contributed by atoms with E-state index in [2.05, 4.69) is 36.8 Å². The van der Waals surface area contributed by atoms with E-state index in [-0.39, 0.29) is 5.91 Å². The van der Waals surface area contributed by atoms with Crippen LogP contribution in [0.5, 0.6) is 0 Å². The smallest absolute Gasteiger partial charge is 0.254 e. The molecular formula is C13H18Br2N2O. The zero-order chi connectivity index (χ0) is 13.7. The Balaban J connectivity index is 2.63. The summed E-state index contributed by atoms with van der Waals surface area (Å²) in [6.07, 6.45) is 0.976. The van der Waals surface area contributed by atoms with E-state index in [0.717, 1.165) is 28.5 Å². The first-order chi connectivity index (χ1) is 8.41. The molecule has 5 heteroatoms.